The van der Waals surface area contributed by atoms with Crippen LogP contribution in [0.4, 0.5) is 0 Å². The minimum atomic E-state index is -0.887. The first-order chi connectivity index (χ1) is 7.95. The van der Waals surface area contributed by atoms with Crippen molar-refractivity contribution in [3.8, 4) is 0 Å². The zero-order valence-electron chi connectivity index (χ0n) is 11.4. The third-order valence-corrected chi connectivity index (χ3v) is 2.70. The number of hydrogen-bond acceptors (Lipinski definition) is 1. The van der Waals surface area contributed by atoms with Gasteiger partial charge in [-0.15, -0.1) is 0 Å². The molecule has 0 amide bonds. The molecule has 17 heavy (non-hydrogen) atoms. The van der Waals surface area contributed by atoms with Crippen LogP contribution in [0.25, 0.3) is 0 Å². The fourth-order valence-electron chi connectivity index (χ4n) is 1.37. The highest BCUT2D eigenvalue weighted by Crippen LogP contribution is 2.12. The lowest BCUT2D eigenvalue weighted by Gasteiger charge is -2.05. The van der Waals surface area contributed by atoms with Gasteiger partial charge >= 0.3 is 5.97 Å². The number of carboxylic acids is 1. The van der Waals surface area contributed by atoms with E-state index in [4.69, 9.17) is 5.11 Å². The van der Waals surface area contributed by atoms with Crippen LogP contribution in [0.15, 0.2) is 35.5 Å². The van der Waals surface area contributed by atoms with Crippen LogP contribution in [0, 0.1) is 5.92 Å². The molecule has 0 heterocycles. The van der Waals surface area contributed by atoms with Crippen molar-refractivity contribution >= 4 is 5.97 Å². The van der Waals surface area contributed by atoms with Crippen LogP contribution >= 0.6 is 0 Å². The van der Waals surface area contributed by atoms with Gasteiger partial charge in [-0.05, 0) is 44.6 Å². The first-order valence-electron chi connectivity index (χ1n) is 6.19. The van der Waals surface area contributed by atoms with Gasteiger partial charge in [0.2, 0.25) is 0 Å². The molecule has 0 saturated carbocycles. The number of rotatable bonds is 7. The van der Waals surface area contributed by atoms with E-state index in [9.17, 15) is 4.79 Å². The lowest BCUT2D eigenvalue weighted by atomic mass is 10.0. The van der Waals surface area contributed by atoms with Crippen LogP contribution in [0.5, 0.6) is 0 Å². The van der Waals surface area contributed by atoms with Crippen molar-refractivity contribution in [3.63, 3.8) is 0 Å². The molecule has 0 rings (SSSR count). The summed E-state index contributed by atoms with van der Waals surface area (Å²) >= 11 is 0. The Morgan fingerprint density at radius 1 is 1.29 bits per heavy atom. The summed E-state index contributed by atoms with van der Waals surface area (Å²) in [5.74, 6) is -0.285. The Bertz CT molecular complexity index is 322. The van der Waals surface area contributed by atoms with Crippen molar-refractivity contribution in [2.75, 3.05) is 0 Å². The molecule has 0 radical (unpaired) electrons. The third kappa shape index (κ3) is 9.61. The Morgan fingerprint density at radius 3 is 2.47 bits per heavy atom. The van der Waals surface area contributed by atoms with Gasteiger partial charge in [0.1, 0.15) is 0 Å². The van der Waals surface area contributed by atoms with Crippen molar-refractivity contribution < 1.29 is 9.90 Å². The number of aliphatic carboxylic acids is 1. The predicted octanol–water partition coefficient (Wildman–Crippen LogP) is 4.35. The molecular formula is C15H24O2. The van der Waals surface area contributed by atoms with Gasteiger partial charge in [0.25, 0.3) is 0 Å². The normalized spacial score (nSPS) is 15.3. The van der Waals surface area contributed by atoms with Gasteiger partial charge in [0, 0.05) is 6.08 Å². The summed E-state index contributed by atoms with van der Waals surface area (Å²) in [6, 6.07) is 0. The van der Waals surface area contributed by atoms with Gasteiger partial charge in [0.15, 0.2) is 0 Å². The molecule has 0 saturated heterocycles. The largest absolute Gasteiger partial charge is 0.478 e. The Hall–Kier alpha value is -1.31. The monoisotopic (exact) mass is 236 g/mol. The van der Waals surface area contributed by atoms with E-state index in [-0.39, 0.29) is 0 Å². The zero-order chi connectivity index (χ0) is 13.3. The van der Waals surface area contributed by atoms with Crippen LogP contribution in [0.1, 0.15) is 47.0 Å². The summed E-state index contributed by atoms with van der Waals surface area (Å²) in [6.07, 6.45) is 10.6. The lowest BCUT2D eigenvalue weighted by Crippen LogP contribution is -1.91. The Labute approximate surface area is 105 Å². The van der Waals surface area contributed by atoms with Crippen molar-refractivity contribution in [2.45, 2.75) is 47.0 Å². The molecule has 1 N–H and O–H groups in total. The van der Waals surface area contributed by atoms with Gasteiger partial charge in [-0.2, -0.15) is 0 Å². The van der Waals surface area contributed by atoms with Crippen molar-refractivity contribution in [2.24, 2.45) is 5.92 Å². The molecule has 2 heteroatoms. The molecule has 0 aromatic rings. The van der Waals surface area contributed by atoms with Gasteiger partial charge in [-0.3, -0.25) is 0 Å². The smallest absolute Gasteiger partial charge is 0.328 e. The van der Waals surface area contributed by atoms with Crippen LogP contribution in [-0.2, 0) is 4.79 Å². The molecule has 0 aliphatic rings. The van der Waals surface area contributed by atoms with E-state index >= 15 is 0 Å². The quantitative estimate of drug-likeness (QED) is 0.405. The van der Waals surface area contributed by atoms with Gasteiger partial charge in [0.05, 0.1) is 0 Å². The second-order valence-electron chi connectivity index (χ2n) is 4.61. The number of carbonyl (C=O) groups is 1. The molecule has 0 aromatic carbocycles. The molecular weight excluding hydrogens is 212 g/mol. The second-order valence-corrected chi connectivity index (χ2v) is 4.61. The maximum absolute atomic E-state index is 10.4. The van der Waals surface area contributed by atoms with E-state index in [1.807, 2.05) is 6.08 Å². The lowest BCUT2D eigenvalue weighted by molar-refractivity contribution is -0.131. The summed E-state index contributed by atoms with van der Waals surface area (Å²) in [5.41, 5.74) is 2.22. The Morgan fingerprint density at radius 2 is 1.94 bits per heavy atom. The van der Waals surface area contributed by atoms with Crippen molar-refractivity contribution in [3.05, 3.63) is 35.5 Å². The molecule has 0 fully saturated rings. The molecule has 0 bridgehead atoms. The maximum atomic E-state index is 10.4. The highest BCUT2D eigenvalue weighted by molar-refractivity contribution is 5.81. The van der Waals surface area contributed by atoms with E-state index < -0.39 is 5.97 Å². The Balaban J connectivity index is 4.03. The average molecular weight is 236 g/mol. The van der Waals surface area contributed by atoms with E-state index in [0.717, 1.165) is 24.8 Å². The number of allylic oxidation sites excluding steroid dienone is 5. The van der Waals surface area contributed by atoms with E-state index in [1.54, 1.807) is 6.92 Å². The van der Waals surface area contributed by atoms with Crippen molar-refractivity contribution in [1.82, 2.24) is 0 Å². The van der Waals surface area contributed by atoms with E-state index in [2.05, 4.69) is 32.9 Å². The van der Waals surface area contributed by atoms with Crippen LogP contribution in [0.2, 0.25) is 0 Å². The topological polar surface area (TPSA) is 37.3 Å². The molecule has 0 aliphatic carbocycles. The molecule has 96 valence electrons. The summed E-state index contributed by atoms with van der Waals surface area (Å²) in [5, 5.41) is 8.55. The summed E-state index contributed by atoms with van der Waals surface area (Å²) in [6.45, 7) is 8.33. The van der Waals surface area contributed by atoms with Gasteiger partial charge in [-0.25, -0.2) is 4.79 Å². The summed E-state index contributed by atoms with van der Waals surface area (Å²) in [4.78, 5) is 10.4. The summed E-state index contributed by atoms with van der Waals surface area (Å²) in [7, 11) is 0. The highest BCUT2D eigenvalue weighted by Gasteiger charge is 1.97. The van der Waals surface area contributed by atoms with Crippen LogP contribution in [0.3, 0.4) is 0 Å². The fourth-order valence-corrected chi connectivity index (χ4v) is 1.37. The van der Waals surface area contributed by atoms with Gasteiger partial charge < -0.3 is 5.11 Å². The molecule has 1 unspecified atom stereocenters. The zero-order valence-corrected chi connectivity index (χ0v) is 11.4. The average Bonchev–Trinajstić information content (AvgIpc) is 2.24. The molecule has 0 spiro atoms. The molecule has 0 aromatic heterocycles. The van der Waals surface area contributed by atoms with Crippen LogP contribution < -0.4 is 0 Å². The third-order valence-electron chi connectivity index (χ3n) is 2.70. The second kappa shape index (κ2) is 8.80. The van der Waals surface area contributed by atoms with Crippen LogP contribution in [-0.4, -0.2) is 11.1 Å². The van der Waals surface area contributed by atoms with E-state index in [0.29, 0.717) is 5.92 Å². The Kier molecular flexibility index (Phi) is 8.12. The van der Waals surface area contributed by atoms with Crippen molar-refractivity contribution in [1.29, 1.82) is 0 Å². The minimum Gasteiger partial charge on any atom is -0.478 e. The molecule has 2 nitrogen and oxygen atoms in total. The highest BCUT2D eigenvalue weighted by atomic mass is 16.4. The SMILES string of the molecule is CC/C(C)=C/CC(C)C/C=C/C(C)=C/C(=O)O. The standard InChI is InChI=1S/C15H24O2/c1-5-12(2)9-10-13(3)7-6-8-14(4)11-15(16)17/h6,8-9,11,13H,5,7,10H2,1-4H3,(H,16,17)/b8-6+,12-9+,14-11+. The maximum Gasteiger partial charge on any atom is 0.328 e. The minimum absolute atomic E-state index is 0.602. The number of carboxylic acid groups (broad SMARTS) is 1. The number of hydrogen-bond donors (Lipinski definition) is 1. The molecule has 1 atom stereocenters. The predicted molar refractivity (Wildman–Crippen MR) is 73.0 cm³/mol. The van der Waals surface area contributed by atoms with Gasteiger partial charge in [-0.1, -0.05) is 37.6 Å². The first-order valence-corrected chi connectivity index (χ1v) is 6.19. The summed E-state index contributed by atoms with van der Waals surface area (Å²) < 4.78 is 0. The van der Waals surface area contributed by atoms with E-state index in [1.165, 1.54) is 11.6 Å². The molecule has 0 aliphatic heterocycles. The first kappa shape index (κ1) is 15.7. The fraction of sp³-hybridized carbons (Fsp3) is 0.533.